The Bertz CT molecular complexity index is 1350. The lowest BCUT2D eigenvalue weighted by molar-refractivity contribution is -0.139. The van der Waals surface area contributed by atoms with Gasteiger partial charge in [0, 0.05) is 19.2 Å². The Labute approximate surface area is 209 Å². The molecule has 0 aliphatic rings. The maximum absolute atomic E-state index is 14.8. The second kappa shape index (κ2) is 11.3. The zero-order chi connectivity index (χ0) is 26.5. The summed E-state index contributed by atoms with van der Waals surface area (Å²) in [5, 5.41) is 2.44. The molecule has 190 valence electrons. The molecule has 3 aromatic carbocycles. The summed E-state index contributed by atoms with van der Waals surface area (Å²) in [6.07, 6.45) is 0. The zero-order valence-electron chi connectivity index (χ0n) is 20.1. The van der Waals surface area contributed by atoms with E-state index in [0.717, 1.165) is 16.5 Å². The van der Waals surface area contributed by atoms with Gasteiger partial charge in [-0.3, -0.25) is 13.9 Å². The van der Waals surface area contributed by atoms with Crippen LogP contribution in [-0.2, 0) is 26.2 Å². The van der Waals surface area contributed by atoms with Crippen molar-refractivity contribution >= 4 is 27.5 Å². The predicted molar refractivity (Wildman–Crippen MR) is 133 cm³/mol. The normalized spacial score (nSPS) is 12.0. The number of para-hydroxylation sites is 1. The smallest absolute Gasteiger partial charge is 0.264 e. The molecule has 3 aromatic rings. The molecular weight excluding hydrogens is 488 g/mol. The first-order valence-electron chi connectivity index (χ1n) is 11.1. The van der Waals surface area contributed by atoms with Gasteiger partial charge < -0.3 is 10.2 Å². The fraction of sp³-hybridized carbons (Fsp3) is 0.231. The van der Waals surface area contributed by atoms with E-state index < -0.39 is 46.1 Å². The largest absolute Gasteiger partial charge is 0.357 e. The fourth-order valence-electron chi connectivity index (χ4n) is 3.61. The van der Waals surface area contributed by atoms with Crippen LogP contribution in [0.2, 0.25) is 0 Å². The minimum absolute atomic E-state index is 0.135. The topological polar surface area (TPSA) is 86.8 Å². The lowest BCUT2D eigenvalue weighted by Gasteiger charge is -2.32. The highest BCUT2D eigenvalue weighted by molar-refractivity contribution is 7.92. The van der Waals surface area contributed by atoms with E-state index in [1.807, 2.05) is 0 Å². The molecule has 0 bridgehead atoms. The standard InChI is InChI=1S/C26H27F2N3O4S/c1-18-12-14-21(15-13-18)36(34,35)31(24-11-7-6-10-23(24)28)17-25(32)30(19(2)26(33)29-3)16-20-8-4-5-9-22(20)27/h4-15,19H,16-17H2,1-3H3,(H,29,33)/t19-/m1/s1. The Morgan fingerprint density at radius 3 is 2.08 bits per heavy atom. The fourth-order valence-corrected chi connectivity index (χ4v) is 5.03. The van der Waals surface area contributed by atoms with E-state index >= 15 is 0 Å². The minimum atomic E-state index is -4.38. The number of likely N-dealkylation sites (N-methyl/N-ethyl adjacent to an activating group) is 1. The molecule has 1 N–H and O–H groups in total. The van der Waals surface area contributed by atoms with Crippen molar-refractivity contribution in [3.63, 3.8) is 0 Å². The van der Waals surface area contributed by atoms with Crippen molar-refractivity contribution in [3.05, 3.63) is 95.6 Å². The average molecular weight is 516 g/mol. The van der Waals surface area contributed by atoms with E-state index in [-0.39, 0.29) is 22.7 Å². The molecule has 0 aromatic heterocycles. The first-order chi connectivity index (χ1) is 17.1. The van der Waals surface area contributed by atoms with Crippen LogP contribution in [0.4, 0.5) is 14.5 Å². The third-order valence-electron chi connectivity index (χ3n) is 5.72. The van der Waals surface area contributed by atoms with Gasteiger partial charge in [0.1, 0.15) is 24.2 Å². The van der Waals surface area contributed by atoms with Gasteiger partial charge >= 0.3 is 0 Å². The molecule has 10 heteroatoms. The number of rotatable bonds is 9. The van der Waals surface area contributed by atoms with Crippen LogP contribution < -0.4 is 9.62 Å². The van der Waals surface area contributed by atoms with Gasteiger partial charge in [-0.05, 0) is 44.2 Å². The van der Waals surface area contributed by atoms with Crippen molar-refractivity contribution in [2.45, 2.75) is 31.3 Å². The summed E-state index contributed by atoms with van der Waals surface area (Å²) in [6, 6.07) is 15.8. The zero-order valence-corrected chi connectivity index (χ0v) is 20.9. The number of sulfonamides is 1. The quantitative estimate of drug-likeness (QED) is 0.472. The van der Waals surface area contributed by atoms with E-state index in [2.05, 4.69) is 5.32 Å². The molecule has 0 aliphatic heterocycles. The molecule has 0 radical (unpaired) electrons. The number of carbonyl (C=O) groups is 2. The third-order valence-corrected chi connectivity index (χ3v) is 7.50. The first kappa shape index (κ1) is 26.8. The van der Waals surface area contributed by atoms with E-state index in [0.29, 0.717) is 4.31 Å². The Hall–Kier alpha value is -3.79. The molecule has 36 heavy (non-hydrogen) atoms. The second-order valence-electron chi connectivity index (χ2n) is 8.18. The monoisotopic (exact) mass is 515 g/mol. The summed E-state index contributed by atoms with van der Waals surface area (Å²) in [5.74, 6) is -2.77. The Morgan fingerprint density at radius 1 is 0.917 bits per heavy atom. The molecule has 7 nitrogen and oxygen atoms in total. The Balaban J connectivity index is 2.06. The molecule has 0 heterocycles. The van der Waals surface area contributed by atoms with E-state index in [1.54, 1.807) is 25.1 Å². The maximum Gasteiger partial charge on any atom is 0.264 e. The molecule has 0 fully saturated rings. The van der Waals surface area contributed by atoms with Crippen molar-refractivity contribution in [2.75, 3.05) is 17.9 Å². The maximum atomic E-state index is 14.8. The van der Waals surface area contributed by atoms with Crippen LogP contribution in [0.5, 0.6) is 0 Å². The highest BCUT2D eigenvalue weighted by Gasteiger charge is 2.33. The van der Waals surface area contributed by atoms with Gasteiger partial charge in [-0.1, -0.05) is 48.0 Å². The van der Waals surface area contributed by atoms with Gasteiger partial charge in [0.25, 0.3) is 10.0 Å². The van der Waals surface area contributed by atoms with Crippen molar-refractivity contribution in [2.24, 2.45) is 0 Å². The van der Waals surface area contributed by atoms with E-state index in [4.69, 9.17) is 0 Å². The molecule has 3 rings (SSSR count). The van der Waals surface area contributed by atoms with Crippen LogP contribution in [0, 0.1) is 18.6 Å². The summed E-state index contributed by atoms with van der Waals surface area (Å²) in [6.45, 7) is 2.12. The molecule has 0 aliphatic carbocycles. The van der Waals surface area contributed by atoms with Crippen LogP contribution >= 0.6 is 0 Å². The predicted octanol–water partition coefficient (Wildman–Crippen LogP) is 3.63. The number of hydrogen-bond acceptors (Lipinski definition) is 4. The molecule has 2 amide bonds. The van der Waals surface area contributed by atoms with Crippen molar-refractivity contribution in [3.8, 4) is 0 Å². The van der Waals surface area contributed by atoms with Gasteiger partial charge in [-0.15, -0.1) is 0 Å². The molecule has 0 spiro atoms. The summed E-state index contributed by atoms with van der Waals surface area (Å²) < 4.78 is 57.0. The number of hydrogen-bond donors (Lipinski definition) is 1. The SMILES string of the molecule is CNC(=O)[C@@H](C)N(Cc1ccccc1F)C(=O)CN(c1ccccc1F)S(=O)(=O)c1ccc(C)cc1. The summed E-state index contributed by atoms with van der Waals surface area (Å²) in [4.78, 5) is 26.9. The Morgan fingerprint density at radius 2 is 1.50 bits per heavy atom. The lowest BCUT2D eigenvalue weighted by atomic mass is 10.1. The third kappa shape index (κ3) is 5.88. The van der Waals surface area contributed by atoms with Crippen LogP contribution in [0.3, 0.4) is 0 Å². The molecule has 1 atom stereocenters. The van der Waals surface area contributed by atoms with Gasteiger partial charge in [-0.2, -0.15) is 0 Å². The summed E-state index contributed by atoms with van der Waals surface area (Å²) >= 11 is 0. The number of nitrogens with one attached hydrogen (secondary N) is 1. The lowest BCUT2D eigenvalue weighted by Crippen LogP contribution is -2.51. The summed E-state index contributed by atoms with van der Waals surface area (Å²) in [5.41, 5.74) is 0.628. The van der Waals surface area contributed by atoms with Crippen molar-refractivity contribution in [1.29, 1.82) is 0 Å². The Kier molecular flexibility index (Phi) is 8.41. The number of anilines is 1. The highest BCUT2D eigenvalue weighted by Crippen LogP contribution is 2.27. The van der Waals surface area contributed by atoms with Crippen molar-refractivity contribution < 1.29 is 26.8 Å². The van der Waals surface area contributed by atoms with Crippen LogP contribution in [0.25, 0.3) is 0 Å². The van der Waals surface area contributed by atoms with Gasteiger partial charge in [0.2, 0.25) is 11.8 Å². The molecular formula is C26H27F2N3O4S. The number of aryl methyl sites for hydroxylation is 1. The molecule has 0 saturated heterocycles. The van der Waals surface area contributed by atoms with Gasteiger partial charge in [0.05, 0.1) is 10.6 Å². The van der Waals surface area contributed by atoms with E-state index in [9.17, 15) is 26.8 Å². The van der Waals surface area contributed by atoms with Gasteiger partial charge in [0.15, 0.2) is 0 Å². The number of carbonyl (C=O) groups excluding carboxylic acids is 2. The number of nitrogens with zero attached hydrogens (tertiary/aromatic N) is 2. The highest BCUT2D eigenvalue weighted by atomic mass is 32.2. The molecule has 0 unspecified atom stereocenters. The summed E-state index contributed by atoms with van der Waals surface area (Å²) in [7, 11) is -3.00. The van der Waals surface area contributed by atoms with Crippen LogP contribution in [-0.4, -0.2) is 44.8 Å². The number of benzene rings is 3. The van der Waals surface area contributed by atoms with Crippen molar-refractivity contribution in [1.82, 2.24) is 10.2 Å². The van der Waals surface area contributed by atoms with E-state index in [1.165, 1.54) is 62.5 Å². The number of amides is 2. The number of halogens is 2. The van der Waals surface area contributed by atoms with Crippen LogP contribution in [0.1, 0.15) is 18.1 Å². The average Bonchev–Trinajstić information content (AvgIpc) is 2.86. The molecule has 0 saturated carbocycles. The second-order valence-corrected chi connectivity index (χ2v) is 10.0. The minimum Gasteiger partial charge on any atom is -0.357 e. The van der Waals surface area contributed by atoms with Crippen LogP contribution in [0.15, 0.2) is 77.7 Å². The van der Waals surface area contributed by atoms with Gasteiger partial charge in [-0.25, -0.2) is 17.2 Å². The first-order valence-corrected chi connectivity index (χ1v) is 12.6.